The van der Waals surface area contributed by atoms with Crippen LogP contribution in [0.1, 0.15) is 35.3 Å². The first-order chi connectivity index (χ1) is 14.9. The summed E-state index contributed by atoms with van der Waals surface area (Å²) in [5.41, 5.74) is 3.75. The third-order valence-electron chi connectivity index (χ3n) is 5.19. The fourth-order valence-corrected chi connectivity index (χ4v) is 4.11. The van der Waals surface area contributed by atoms with E-state index in [1.54, 1.807) is 19.2 Å². The van der Waals surface area contributed by atoms with E-state index in [0.717, 1.165) is 22.4 Å². The van der Waals surface area contributed by atoms with Gasteiger partial charge in [-0.25, -0.2) is 4.68 Å². The minimum Gasteiger partial charge on any atom is -0.497 e. The third-order valence-corrected chi connectivity index (χ3v) is 5.69. The summed E-state index contributed by atoms with van der Waals surface area (Å²) in [6, 6.07) is 15.4. The van der Waals surface area contributed by atoms with Gasteiger partial charge in [0, 0.05) is 33.9 Å². The zero-order chi connectivity index (χ0) is 22.1. The van der Waals surface area contributed by atoms with Gasteiger partial charge in [-0.2, -0.15) is 5.10 Å². The van der Waals surface area contributed by atoms with Crippen molar-refractivity contribution in [3.8, 4) is 0 Å². The fourth-order valence-electron chi connectivity index (χ4n) is 3.70. The molecule has 2 aromatic carbocycles. The van der Waals surface area contributed by atoms with Crippen molar-refractivity contribution in [2.45, 2.75) is 20.4 Å². The Kier molecular flexibility index (Phi) is 5.87. The molecule has 0 atom stereocenters. The molecule has 1 amide bonds. The van der Waals surface area contributed by atoms with Crippen LogP contribution in [-0.4, -0.2) is 29.3 Å². The number of hydrogen-bond acceptors (Lipinski definition) is 4. The quantitative estimate of drug-likeness (QED) is 0.461. The molecule has 2 heterocycles. The molecule has 160 valence electrons. The summed E-state index contributed by atoms with van der Waals surface area (Å²) in [5.74, 6) is 2.33. The lowest BCUT2D eigenvalue weighted by Gasteiger charge is -2.33. The Hall–Kier alpha value is -3.06. The highest BCUT2D eigenvalue weighted by molar-refractivity contribution is 9.10. The Morgan fingerprint density at radius 1 is 1.19 bits per heavy atom. The van der Waals surface area contributed by atoms with Crippen molar-refractivity contribution < 1.29 is 9.53 Å². The zero-order valence-electron chi connectivity index (χ0n) is 17.9. The standard InChI is InChI=1S/C24H25BrN4O2/c1-15(2)13-28-21-10-9-20(25)11-19(21)14-29-23(28)12-22(27-29)26-24(30)18-7-5-17(6-8-18)16(3)31-4/h5-12,15H,3,13-14H2,1-2,4H3,(H,26,27,30). The van der Waals surface area contributed by atoms with Crippen molar-refractivity contribution in [2.24, 2.45) is 5.92 Å². The van der Waals surface area contributed by atoms with E-state index in [1.807, 2.05) is 22.9 Å². The normalized spacial score (nSPS) is 12.4. The summed E-state index contributed by atoms with van der Waals surface area (Å²) >= 11 is 3.56. The highest BCUT2D eigenvalue weighted by Gasteiger charge is 2.26. The molecule has 0 aliphatic carbocycles. The van der Waals surface area contributed by atoms with Crippen LogP contribution in [0.4, 0.5) is 17.3 Å². The molecule has 0 bridgehead atoms. The number of fused-ring (bicyclic) bond motifs is 2. The highest BCUT2D eigenvalue weighted by Crippen LogP contribution is 2.37. The minimum atomic E-state index is -0.208. The summed E-state index contributed by atoms with van der Waals surface area (Å²) in [4.78, 5) is 15.0. The summed E-state index contributed by atoms with van der Waals surface area (Å²) in [7, 11) is 1.57. The van der Waals surface area contributed by atoms with Gasteiger partial charge in [-0.1, -0.05) is 48.5 Å². The molecule has 1 aromatic heterocycles. The molecule has 4 rings (SSSR count). The van der Waals surface area contributed by atoms with Crippen LogP contribution in [0, 0.1) is 5.92 Å². The predicted octanol–water partition coefficient (Wildman–Crippen LogP) is 5.67. The number of nitrogens with one attached hydrogen (secondary N) is 1. The number of benzene rings is 2. The van der Waals surface area contributed by atoms with Crippen LogP contribution < -0.4 is 10.2 Å². The molecule has 0 saturated heterocycles. The third kappa shape index (κ3) is 4.37. The highest BCUT2D eigenvalue weighted by atomic mass is 79.9. The van der Waals surface area contributed by atoms with Crippen LogP contribution in [0.25, 0.3) is 5.76 Å². The number of aromatic nitrogens is 2. The van der Waals surface area contributed by atoms with Gasteiger partial charge in [0.2, 0.25) is 0 Å². The first-order valence-electron chi connectivity index (χ1n) is 10.1. The van der Waals surface area contributed by atoms with Crippen molar-refractivity contribution in [3.63, 3.8) is 0 Å². The average Bonchev–Trinajstić information content (AvgIpc) is 3.14. The lowest BCUT2D eigenvalue weighted by molar-refractivity contribution is 0.102. The zero-order valence-corrected chi connectivity index (χ0v) is 19.4. The van der Waals surface area contributed by atoms with Gasteiger partial charge in [0.05, 0.1) is 13.7 Å². The van der Waals surface area contributed by atoms with Gasteiger partial charge in [-0.05, 0) is 41.8 Å². The van der Waals surface area contributed by atoms with Crippen LogP contribution in [0.2, 0.25) is 0 Å². The van der Waals surface area contributed by atoms with Crippen LogP contribution >= 0.6 is 15.9 Å². The number of rotatable bonds is 6. The number of ether oxygens (including phenoxy) is 1. The lowest BCUT2D eigenvalue weighted by atomic mass is 10.1. The Morgan fingerprint density at radius 2 is 1.90 bits per heavy atom. The Labute approximate surface area is 190 Å². The first-order valence-corrected chi connectivity index (χ1v) is 10.9. The van der Waals surface area contributed by atoms with Crippen LogP contribution in [0.15, 0.2) is 59.6 Å². The molecular formula is C24H25BrN4O2. The molecule has 31 heavy (non-hydrogen) atoms. The Balaban J connectivity index is 1.59. The summed E-state index contributed by atoms with van der Waals surface area (Å²) < 4.78 is 8.12. The van der Waals surface area contributed by atoms with E-state index in [9.17, 15) is 4.79 Å². The average molecular weight is 481 g/mol. The molecule has 0 unspecified atom stereocenters. The second-order valence-electron chi connectivity index (χ2n) is 7.98. The van der Waals surface area contributed by atoms with Crippen molar-refractivity contribution in [1.29, 1.82) is 0 Å². The van der Waals surface area contributed by atoms with Crippen LogP contribution in [0.5, 0.6) is 0 Å². The topological polar surface area (TPSA) is 59.4 Å². The van der Waals surface area contributed by atoms with Gasteiger partial charge < -0.3 is 15.0 Å². The van der Waals surface area contributed by atoms with Gasteiger partial charge in [0.1, 0.15) is 11.6 Å². The molecule has 1 aliphatic rings. The van der Waals surface area contributed by atoms with Gasteiger partial charge >= 0.3 is 0 Å². The molecule has 1 N–H and O–H groups in total. The molecule has 0 radical (unpaired) electrons. The van der Waals surface area contributed by atoms with Crippen molar-refractivity contribution in [2.75, 3.05) is 23.9 Å². The van der Waals surface area contributed by atoms with Crippen LogP contribution in [-0.2, 0) is 11.3 Å². The summed E-state index contributed by atoms with van der Waals surface area (Å²) in [6.07, 6.45) is 0. The van der Waals surface area contributed by atoms with E-state index < -0.39 is 0 Å². The second kappa shape index (κ2) is 8.59. The van der Waals surface area contributed by atoms with Gasteiger partial charge in [0.15, 0.2) is 5.82 Å². The SMILES string of the molecule is C=C(OC)c1ccc(C(=O)Nc2cc3n(n2)Cc2cc(Br)ccc2N3CC(C)C)cc1. The van der Waals surface area contributed by atoms with Gasteiger partial charge in [0.25, 0.3) is 5.91 Å². The maximum Gasteiger partial charge on any atom is 0.256 e. The van der Waals surface area contributed by atoms with Crippen molar-refractivity contribution in [3.05, 3.63) is 76.3 Å². The number of carbonyl (C=O) groups is 1. The second-order valence-corrected chi connectivity index (χ2v) is 8.90. The summed E-state index contributed by atoms with van der Waals surface area (Å²) in [6.45, 7) is 9.73. The van der Waals surface area contributed by atoms with E-state index in [1.165, 1.54) is 11.3 Å². The number of hydrogen-bond donors (Lipinski definition) is 1. The van der Waals surface area contributed by atoms with E-state index in [2.05, 4.69) is 69.9 Å². The minimum absolute atomic E-state index is 0.208. The number of amides is 1. The number of methoxy groups -OCH3 is 1. The number of nitrogens with zero attached hydrogens (tertiary/aromatic N) is 3. The van der Waals surface area contributed by atoms with Crippen molar-refractivity contribution in [1.82, 2.24) is 9.78 Å². The molecule has 0 spiro atoms. The molecule has 7 heteroatoms. The first kappa shape index (κ1) is 21.2. The predicted molar refractivity (Wildman–Crippen MR) is 128 cm³/mol. The maximum absolute atomic E-state index is 12.8. The number of carbonyl (C=O) groups excluding carboxylic acids is 1. The fraction of sp³-hybridized carbons (Fsp3) is 0.250. The number of halogens is 1. The Morgan fingerprint density at radius 3 is 2.58 bits per heavy atom. The van der Waals surface area contributed by atoms with E-state index in [-0.39, 0.29) is 5.91 Å². The lowest BCUT2D eigenvalue weighted by Crippen LogP contribution is -2.29. The summed E-state index contributed by atoms with van der Waals surface area (Å²) in [5, 5.41) is 7.58. The molecule has 0 saturated carbocycles. The van der Waals surface area contributed by atoms with Crippen LogP contribution in [0.3, 0.4) is 0 Å². The Bertz CT molecular complexity index is 1130. The van der Waals surface area contributed by atoms with Crippen molar-refractivity contribution >= 4 is 44.9 Å². The molecular weight excluding hydrogens is 456 g/mol. The maximum atomic E-state index is 12.8. The largest absolute Gasteiger partial charge is 0.497 e. The molecule has 1 aliphatic heterocycles. The van der Waals surface area contributed by atoms with Gasteiger partial charge in [-0.3, -0.25) is 4.79 Å². The number of anilines is 3. The van der Waals surface area contributed by atoms with E-state index >= 15 is 0 Å². The molecule has 6 nitrogen and oxygen atoms in total. The smallest absolute Gasteiger partial charge is 0.256 e. The molecule has 3 aromatic rings. The molecule has 0 fully saturated rings. The van der Waals surface area contributed by atoms with E-state index in [0.29, 0.717) is 29.6 Å². The monoisotopic (exact) mass is 480 g/mol. The van der Waals surface area contributed by atoms with Gasteiger partial charge in [-0.15, -0.1) is 0 Å². The van der Waals surface area contributed by atoms with E-state index in [4.69, 9.17) is 4.74 Å².